The van der Waals surface area contributed by atoms with E-state index in [1.165, 1.54) is 17.5 Å². The van der Waals surface area contributed by atoms with Crippen LogP contribution in [-0.4, -0.2) is 24.9 Å². The largest absolute Gasteiger partial charge is 0.400 e. The van der Waals surface area contributed by atoms with Crippen LogP contribution in [0.5, 0.6) is 0 Å². The number of hydrogen-bond acceptors (Lipinski definition) is 3. The molecule has 2 atom stereocenters. The zero-order valence-electron chi connectivity index (χ0n) is 19.4. The Hall–Kier alpha value is -2.95. The van der Waals surface area contributed by atoms with Crippen LogP contribution < -0.4 is 4.90 Å². The van der Waals surface area contributed by atoms with Crippen LogP contribution in [-0.2, 0) is 11.3 Å². The van der Waals surface area contributed by atoms with Gasteiger partial charge >= 0.3 is 0 Å². The maximum Gasteiger partial charge on any atom is 0.214 e. The molecule has 1 N–H and O–H groups in total. The molecule has 1 saturated carbocycles. The Morgan fingerprint density at radius 3 is 2.30 bits per heavy atom. The number of carbonyl (C=O) groups is 2. The first kappa shape index (κ1) is 26.3. The quantitative estimate of drug-likeness (QED) is 0.399. The lowest BCUT2D eigenvalue weighted by Gasteiger charge is -2.21. The number of hydrogen-bond donors (Lipinski definition) is 1. The van der Waals surface area contributed by atoms with Gasteiger partial charge in [-0.2, -0.15) is 0 Å². The predicted octanol–water partition coefficient (Wildman–Crippen LogP) is 6.61. The van der Waals surface area contributed by atoms with Crippen LogP contribution in [0, 0.1) is 0 Å². The van der Waals surface area contributed by atoms with Gasteiger partial charge < -0.3 is 10.0 Å². The molecule has 1 amide bonds. The Morgan fingerprint density at radius 1 is 0.939 bits per heavy atom. The van der Waals surface area contributed by atoms with E-state index in [0.717, 1.165) is 42.5 Å². The van der Waals surface area contributed by atoms with Gasteiger partial charge in [-0.15, -0.1) is 0 Å². The lowest BCUT2D eigenvalue weighted by atomic mass is 10.0. The minimum absolute atomic E-state index is 0.374. The molecule has 0 spiro atoms. The van der Waals surface area contributed by atoms with Crippen molar-refractivity contribution in [1.29, 1.82) is 0 Å². The smallest absolute Gasteiger partial charge is 0.214 e. The van der Waals surface area contributed by atoms with Gasteiger partial charge in [-0.1, -0.05) is 80.4 Å². The Bertz CT molecular complexity index is 1040. The number of aliphatic hydroxyl groups excluding tert-OH is 1. The van der Waals surface area contributed by atoms with Crippen molar-refractivity contribution in [3.8, 4) is 0 Å². The number of para-hydroxylation sites is 1. The van der Waals surface area contributed by atoms with E-state index in [1.807, 2.05) is 54.6 Å². The van der Waals surface area contributed by atoms with E-state index in [-0.39, 0.29) is 0 Å². The molecular formula is C28H32ClNO3. The molecule has 2 unspecified atom stereocenters. The van der Waals surface area contributed by atoms with E-state index in [2.05, 4.69) is 26.0 Å². The summed E-state index contributed by atoms with van der Waals surface area (Å²) >= 11 is 6.15. The van der Waals surface area contributed by atoms with Gasteiger partial charge in [0.25, 0.3) is 0 Å². The monoisotopic (exact) mass is 465 g/mol. The van der Waals surface area contributed by atoms with E-state index in [9.17, 15) is 9.59 Å². The van der Waals surface area contributed by atoms with Crippen molar-refractivity contribution in [2.24, 2.45) is 0 Å². The first-order chi connectivity index (χ1) is 16.1. The number of amides is 1. The van der Waals surface area contributed by atoms with Crippen LogP contribution in [0.4, 0.5) is 5.69 Å². The Kier molecular flexibility index (Phi) is 10.8. The van der Waals surface area contributed by atoms with E-state index in [0.29, 0.717) is 23.9 Å². The number of aldehydes is 1. The first-order valence-corrected chi connectivity index (χ1v) is 11.5. The second-order valence-electron chi connectivity index (χ2n) is 7.87. The molecule has 33 heavy (non-hydrogen) atoms. The molecule has 1 aliphatic carbocycles. The van der Waals surface area contributed by atoms with Crippen LogP contribution >= 0.6 is 11.6 Å². The Morgan fingerprint density at radius 2 is 1.64 bits per heavy atom. The second kappa shape index (κ2) is 13.6. The molecule has 3 aromatic carbocycles. The molecule has 1 aliphatic rings. The molecule has 4 rings (SSSR count). The molecule has 0 aliphatic heterocycles. The van der Waals surface area contributed by atoms with E-state index < -0.39 is 0 Å². The highest BCUT2D eigenvalue weighted by Gasteiger charge is 2.41. The Balaban J connectivity index is 0.000000714. The number of carbonyl (C=O) groups excluding carboxylic acids is 2. The normalized spacial score (nSPS) is 15.8. The fourth-order valence-corrected chi connectivity index (χ4v) is 4.05. The number of nitrogens with zero attached hydrogens (tertiary/aromatic N) is 1. The molecule has 174 valence electrons. The van der Waals surface area contributed by atoms with E-state index in [4.69, 9.17) is 16.7 Å². The van der Waals surface area contributed by atoms with Gasteiger partial charge in [0.05, 0.1) is 6.54 Å². The molecule has 0 heterocycles. The molecule has 5 heteroatoms. The lowest BCUT2D eigenvalue weighted by Crippen LogP contribution is -2.21. The highest BCUT2D eigenvalue weighted by atomic mass is 35.5. The number of benzene rings is 3. The van der Waals surface area contributed by atoms with E-state index in [1.54, 1.807) is 11.0 Å². The number of halogens is 1. The number of rotatable bonds is 7. The summed E-state index contributed by atoms with van der Waals surface area (Å²) in [6.45, 7) is 4.68. The van der Waals surface area contributed by atoms with Gasteiger partial charge in [0.15, 0.2) is 0 Å². The van der Waals surface area contributed by atoms with Crippen molar-refractivity contribution in [3.63, 3.8) is 0 Å². The maximum absolute atomic E-state index is 11.9. The summed E-state index contributed by atoms with van der Waals surface area (Å²) in [7, 11) is 1.00. The molecular weight excluding hydrogens is 434 g/mol. The van der Waals surface area contributed by atoms with Gasteiger partial charge in [0, 0.05) is 23.4 Å². The van der Waals surface area contributed by atoms with Gasteiger partial charge in [-0.25, -0.2) is 0 Å². The van der Waals surface area contributed by atoms with Crippen LogP contribution in [0.1, 0.15) is 65.6 Å². The van der Waals surface area contributed by atoms with Gasteiger partial charge in [-0.05, 0) is 59.2 Å². The number of aliphatic hydroxyl groups is 1. The molecule has 0 saturated heterocycles. The fraction of sp³-hybridized carbons (Fsp3) is 0.286. The second-order valence-corrected chi connectivity index (χ2v) is 8.30. The SMILES string of the molecule is CCC.CO.O=Cc1cccc(CN(C=O)c2ccccc2C2CC2c2cccc(Cl)c2)c1. The Labute approximate surface area is 201 Å². The summed E-state index contributed by atoms with van der Waals surface area (Å²) in [6, 6.07) is 23.4. The third kappa shape index (κ3) is 7.28. The van der Waals surface area contributed by atoms with Crippen molar-refractivity contribution < 1.29 is 14.7 Å². The van der Waals surface area contributed by atoms with Crippen molar-refractivity contribution in [2.75, 3.05) is 12.0 Å². The maximum atomic E-state index is 11.9. The molecule has 0 aromatic heterocycles. The summed E-state index contributed by atoms with van der Waals surface area (Å²) in [5.74, 6) is 0.796. The third-order valence-corrected chi connectivity index (χ3v) is 5.52. The van der Waals surface area contributed by atoms with Crippen LogP contribution in [0.25, 0.3) is 0 Å². The van der Waals surface area contributed by atoms with Crippen molar-refractivity contribution >= 4 is 30.0 Å². The standard InChI is InChI=1S/C24H20ClNO2.C3H8.CH4O/c25-20-8-4-7-19(12-20)22-13-23(22)21-9-1-2-10-24(21)26(16-28)14-17-5-3-6-18(11-17)15-27;1-3-2;1-2/h1-12,15-16,22-23H,13-14H2;3H2,1-2H3;2H,1H3. The molecule has 3 aromatic rings. The summed E-state index contributed by atoms with van der Waals surface area (Å²) in [5, 5.41) is 7.75. The number of anilines is 1. The van der Waals surface area contributed by atoms with Gasteiger partial charge in [0.1, 0.15) is 6.29 Å². The van der Waals surface area contributed by atoms with Crippen molar-refractivity contribution in [3.05, 3.63) is 100 Å². The van der Waals surface area contributed by atoms with Crippen molar-refractivity contribution in [1.82, 2.24) is 0 Å². The summed E-state index contributed by atoms with van der Waals surface area (Å²) in [5.41, 5.74) is 4.87. The first-order valence-electron chi connectivity index (χ1n) is 11.2. The molecule has 4 nitrogen and oxygen atoms in total. The van der Waals surface area contributed by atoms with E-state index >= 15 is 0 Å². The summed E-state index contributed by atoms with van der Waals surface area (Å²) in [6.07, 6.45) is 3.98. The minimum Gasteiger partial charge on any atom is -0.400 e. The zero-order chi connectivity index (χ0) is 24.2. The summed E-state index contributed by atoms with van der Waals surface area (Å²) < 4.78 is 0. The van der Waals surface area contributed by atoms with Crippen LogP contribution in [0.15, 0.2) is 72.8 Å². The lowest BCUT2D eigenvalue weighted by molar-refractivity contribution is -0.107. The average molecular weight is 466 g/mol. The van der Waals surface area contributed by atoms with Gasteiger partial charge in [0.2, 0.25) is 6.41 Å². The van der Waals surface area contributed by atoms with Crippen LogP contribution in [0.3, 0.4) is 0 Å². The fourth-order valence-electron chi connectivity index (χ4n) is 3.85. The van der Waals surface area contributed by atoms with Gasteiger partial charge in [-0.3, -0.25) is 9.59 Å². The highest BCUT2D eigenvalue weighted by Crippen LogP contribution is 2.56. The topological polar surface area (TPSA) is 57.6 Å². The van der Waals surface area contributed by atoms with Crippen LogP contribution in [0.2, 0.25) is 5.02 Å². The zero-order valence-corrected chi connectivity index (χ0v) is 20.2. The highest BCUT2D eigenvalue weighted by molar-refractivity contribution is 6.30. The molecule has 0 bridgehead atoms. The third-order valence-electron chi connectivity index (χ3n) is 5.28. The summed E-state index contributed by atoms with van der Waals surface area (Å²) in [4.78, 5) is 24.6. The molecule has 1 fully saturated rings. The minimum atomic E-state index is 0.374. The average Bonchev–Trinajstić information content (AvgIpc) is 3.65. The predicted molar refractivity (Wildman–Crippen MR) is 136 cm³/mol. The molecule has 0 radical (unpaired) electrons. The van der Waals surface area contributed by atoms with Crippen molar-refractivity contribution in [2.45, 2.75) is 45.1 Å².